The number of carbonyl (C=O) groups is 4. The first-order chi connectivity index (χ1) is 31.1. The van der Waals surface area contributed by atoms with Crippen LogP contribution < -0.4 is 21.8 Å². The maximum Gasteiger partial charge on any atom is 0.258 e. The third-order valence-corrected chi connectivity index (χ3v) is 12.8. The average molecular weight is 873 g/mol. The van der Waals surface area contributed by atoms with Crippen molar-refractivity contribution < 1.29 is 29.4 Å². The molecule has 16 nitrogen and oxygen atoms in total. The van der Waals surface area contributed by atoms with E-state index in [2.05, 4.69) is 20.6 Å². The number of rotatable bonds is 12. The van der Waals surface area contributed by atoms with Crippen LogP contribution in [0.1, 0.15) is 95.9 Å². The van der Waals surface area contributed by atoms with Crippen molar-refractivity contribution in [3.63, 3.8) is 0 Å². The molecule has 0 unspecified atom stereocenters. The normalized spacial score (nSPS) is 23.9. The van der Waals surface area contributed by atoms with Crippen molar-refractivity contribution in [3.8, 4) is 0 Å². The fourth-order valence-corrected chi connectivity index (χ4v) is 10.0. The van der Waals surface area contributed by atoms with Gasteiger partial charge in [-0.1, -0.05) is 38.2 Å². The molecule has 4 aliphatic rings. The minimum absolute atomic E-state index is 0.132. The van der Waals surface area contributed by atoms with Gasteiger partial charge in [-0.25, -0.2) is 0 Å². The van der Waals surface area contributed by atoms with Crippen molar-refractivity contribution in [2.75, 3.05) is 26.3 Å². The lowest BCUT2D eigenvalue weighted by atomic mass is 9.88. The molecular weight excluding hydrogens is 817 g/mol. The van der Waals surface area contributed by atoms with E-state index in [9.17, 15) is 39.0 Å². The van der Waals surface area contributed by atoms with Gasteiger partial charge in [0.15, 0.2) is 0 Å². The summed E-state index contributed by atoms with van der Waals surface area (Å²) < 4.78 is 3.36. The number of nitrogens with one attached hydrogen (secondary N) is 2. The van der Waals surface area contributed by atoms with E-state index in [-0.39, 0.29) is 59.8 Å². The standard InChI is InChI=1S/2C24H28N4O4/c2*1-3-6-15-8-9-19-20-17(13-27(19)23(15)31)18(14-29)21(22(30)26-10-4-2)28(20)24(32)16-7-5-11-25-12-16/h2*3,5-9,11-12,17-18,20-21,29H,4,10,13-14H2,1-2H3,(H,26,30)/b6-3+;6-3-/t2*17-,18-,20+,21-/m00/s1. The monoisotopic (exact) mass is 872 g/mol. The van der Waals surface area contributed by atoms with Gasteiger partial charge in [-0.15, -0.1) is 0 Å². The number of hydrogen-bond acceptors (Lipinski definition) is 10. The first-order valence-corrected chi connectivity index (χ1v) is 22.0. The predicted molar refractivity (Wildman–Crippen MR) is 239 cm³/mol. The Morgan fingerprint density at radius 3 is 1.39 bits per heavy atom. The molecule has 0 aliphatic carbocycles. The van der Waals surface area contributed by atoms with Gasteiger partial charge in [0.2, 0.25) is 11.8 Å². The number of aliphatic hydroxyl groups excluding tert-OH is 2. The molecule has 4 aliphatic heterocycles. The Hall–Kier alpha value is -6.52. The second-order valence-corrected chi connectivity index (χ2v) is 16.5. The van der Waals surface area contributed by atoms with Crippen molar-refractivity contribution >= 4 is 35.8 Å². The zero-order valence-electron chi connectivity index (χ0n) is 36.5. The van der Waals surface area contributed by atoms with E-state index >= 15 is 0 Å². The molecule has 0 bridgehead atoms. The second kappa shape index (κ2) is 19.9. The number of pyridine rings is 4. The van der Waals surface area contributed by atoms with Crippen LogP contribution in [-0.2, 0) is 22.7 Å². The van der Waals surface area contributed by atoms with Gasteiger partial charge in [0, 0.05) is 110 Å². The molecule has 16 heteroatoms. The molecule has 4 amide bonds. The van der Waals surface area contributed by atoms with Gasteiger partial charge in [0.1, 0.15) is 12.1 Å². The van der Waals surface area contributed by atoms with Gasteiger partial charge in [0.05, 0.1) is 23.2 Å². The van der Waals surface area contributed by atoms with E-state index in [1.165, 1.54) is 12.4 Å². The number of likely N-dealkylation sites (tertiary alicyclic amines) is 2. The van der Waals surface area contributed by atoms with Crippen LogP contribution in [0.4, 0.5) is 0 Å². The second-order valence-electron chi connectivity index (χ2n) is 16.5. The van der Waals surface area contributed by atoms with Crippen LogP contribution in [0.25, 0.3) is 12.2 Å². The van der Waals surface area contributed by atoms with Crippen LogP contribution in [0.2, 0.25) is 0 Å². The van der Waals surface area contributed by atoms with E-state index in [1.54, 1.807) is 79.9 Å². The first-order valence-electron chi connectivity index (χ1n) is 22.0. The Bertz CT molecular complexity index is 2360. The molecule has 8 rings (SSSR count). The molecule has 336 valence electrons. The van der Waals surface area contributed by atoms with Gasteiger partial charge >= 0.3 is 0 Å². The number of amides is 4. The third-order valence-electron chi connectivity index (χ3n) is 12.8. The Morgan fingerprint density at radius 1 is 0.656 bits per heavy atom. The molecule has 64 heavy (non-hydrogen) atoms. The highest BCUT2D eigenvalue weighted by Crippen LogP contribution is 2.51. The van der Waals surface area contributed by atoms with Crippen molar-refractivity contribution in [2.24, 2.45) is 23.7 Å². The lowest BCUT2D eigenvalue weighted by Gasteiger charge is -2.31. The van der Waals surface area contributed by atoms with E-state index in [4.69, 9.17) is 0 Å². The Labute approximate surface area is 371 Å². The Morgan fingerprint density at radius 2 is 1.06 bits per heavy atom. The summed E-state index contributed by atoms with van der Waals surface area (Å²) in [7, 11) is 0. The quantitative estimate of drug-likeness (QED) is 0.164. The Balaban J connectivity index is 0.000000191. The summed E-state index contributed by atoms with van der Waals surface area (Å²) >= 11 is 0. The van der Waals surface area contributed by atoms with Crippen molar-refractivity contribution in [1.82, 2.24) is 39.5 Å². The van der Waals surface area contributed by atoms with E-state index in [0.29, 0.717) is 59.8 Å². The lowest BCUT2D eigenvalue weighted by Crippen LogP contribution is -2.50. The first kappa shape index (κ1) is 45.5. The molecule has 8 atom stereocenters. The number of fused-ring (bicyclic) bond motifs is 6. The number of carbonyl (C=O) groups excluding carboxylic acids is 4. The predicted octanol–water partition coefficient (Wildman–Crippen LogP) is 3.21. The van der Waals surface area contributed by atoms with Crippen LogP contribution in [-0.4, -0.2) is 101 Å². The minimum atomic E-state index is -0.826. The summed E-state index contributed by atoms with van der Waals surface area (Å²) in [6.45, 7) is 8.77. The van der Waals surface area contributed by atoms with Crippen LogP contribution in [0.15, 0.2) is 95.1 Å². The SMILES string of the molecule is C/C=C/c1ccc2n(c1=O)C[C@H]1[C@H](CO)[C@@H](C(=O)NCCC)N(C(=O)c3cccnc3)[C@@H]21.C/C=C\c1ccc2n(c1=O)C[C@H]1[C@H](CO)[C@@H](C(=O)NCCC)N(C(=O)c3cccnc3)[C@@H]21. The van der Waals surface area contributed by atoms with Crippen LogP contribution in [0.3, 0.4) is 0 Å². The molecular formula is C48H56N8O8. The maximum absolute atomic E-state index is 13.6. The summed E-state index contributed by atoms with van der Waals surface area (Å²) in [5.74, 6) is -2.69. The molecule has 4 aromatic rings. The zero-order valence-corrected chi connectivity index (χ0v) is 36.5. The smallest absolute Gasteiger partial charge is 0.258 e. The molecule has 8 heterocycles. The van der Waals surface area contributed by atoms with E-state index in [1.807, 2.05) is 52.0 Å². The number of aromatic nitrogens is 4. The highest BCUT2D eigenvalue weighted by atomic mass is 16.3. The van der Waals surface area contributed by atoms with Gasteiger partial charge in [-0.2, -0.15) is 0 Å². The van der Waals surface area contributed by atoms with Gasteiger partial charge in [-0.05, 0) is 75.2 Å². The summed E-state index contributed by atoms with van der Waals surface area (Å²) in [4.78, 5) is 90.9. The summed E-state index contributed by atoms with van der Waals surface area (Å²) in [5.41, 5.74) is 2.98. The Kier molecular flexibility index (Phi) is 14.1. The third kappa shape index (κ3) is 8.23. The topological polar surface area (TPSA) is 209 Å². The minimum Gasteiger partial charge on any atom is -0.396 e. The van der Waals surface area contributed by atoms with Gasteiger partial charge < -0.3 is 39.8 Å². The fraction of sp³-hybridized carbons (Fsp3) is 0.417. The summed E-state index contributed by atoms with van der Waals surface area (Å²) in [6, 6.07) is 11.3. The van der Waals surface area contributed by atoms with Crippen LogP contribution in [0, 0.1) is 23.7 Å². The average Bonchev–Trinajstić information content (AvgIpc) is 4.06. The fourth-order valence-electron chi connectivity index (χ4n) is 10.0. The van der Waals surface area contributed by atoms with Crippen LogP contribution >= 0.6 is 0 Å². The molecule has 4 aromatic heterocycles. The van der Waals surface area contributed by atoms with Crippen molar-refractivity contribution in [3.05, 3.63) is 140 Å². The number of hydrogen-bond donors (Lipinski definition) is 4. The van der Waals surface area contributed by atoms with Crippen molar-refractivity contribution in [2.45, 2.75) is 77.8 Å². The van der Waals surface area contributed by atoms with Crippen molar-refractivity contribution in [1.29, 1.82) is 0 Å². The van der Waals surface area contributed by atoms with E-state index < -0.39 is 36.0 Å². The summed E-state index contributed by atoms with van der Waals surface area (Å²) in [5, 5.41) is 26.3. The highest BCUT2D eigenvalue weighted by Gasteiger charge is 2.59. The number of allylic oxidation sites excluding steroid dienone is 2. The molecule has 0 saturated carbocycles. The highest BCUT2D eigenvalue weighted by molar-refractivity contribution is 5.99. The molecule has 0 aromatic carbocycles. The molecule has 4 N–H and O–H groups in total. The number of aliphatic hydroxyl groups is 2. The van der Waals surface area contributed by atoms with E-state index in [0.717, 1.165) is 12.8 Å². The number of nitrogens with zero attached hydrogens (tertiary/aromatic N) is 6. The molecule has 2 saturated heterocycles. The molecule has 0 spiro atoms. The largest absolute Gasteiger partial charge is 0.396 e. The van der Waals surface area contributed by atoms with Gasteiger partial charge in [-0.3, -0.25) is 38.7 Å². The van der Waals surface area contributed by atoms with Crippen LogP contribution in [0.5, 0.6) is 0 Å². The molecule has 2 fully saturated rings. The van der Waals surface area contributed by atoms with Gasteiger partial charge in [0.25, 0.3) is 22.9 Å². The zero-order chi connectivity index (χ0) is 45.7. The molecule has 0 radical (unpaired) electrons. The maximum atomic E-state index is 13.6. The lowest BCUT2D eigenvalue weighted by molar-refractivity contribution is -0.127. The summed E-state index contributed by atoms with van der Waals surface area (Å²) in [6.07, 6.45) is 14.8.